The fraction of sp³-hybridized carbons (Fsp3) is 1.00. The minimum absolute atomic E-state index is 0.226. The zero-order valence-corrected chi connectivity index (χ0v) is 12.2. The molecule has 0 saturated carbocycles. The Morgan fingerprint density at radius 3 is 1.69 bits per heavy atom. The fourth-order valence-corrected chi connectivity index (χ4v) is 2.04. The van der Waals surface area contributed by atoms with Crippen LogP contribution in [0.15, 0.2) is 0 Å². The van der Waals surface area contributed by atoms with Crippen LogP contribution in [-0.4, -0.2) is 24.5 Å². The molecule has 0 saturated heterocycles. The molecule has 0 aromatic carbocycles. The first kappa shape index (κ1) is 16.2. The summed E-state index contributed by atoms with van der Waals surface area (Å²) in [5.41, 5.74) is 0.226. The van der Waals surface area contributed by atoms with Gasteiger partial charge < -0.3 is 0 Å². The number of nitrogens with zero attached hydrogens (tertiary/aromatic N) is 1. The van der Waals surface area contributed by atoms with E-state index in [1.54, 1.807) is 0 Å². The van der Waals surface area contributed by atoms with E-state index < -0.39 is 0 Å². The topological polar surface area (TPSA) is 3.24 Å². The highest BCUT2D eigenvalue weighted by Crippen LogP contribution is 2.14. The fourth-order valence-electron chi connectivity index (χ4n) is 1.88. The quantitative estimate of drug-likeness (QED) is 0.281. The largest absolute Gasteiger partial charge is 0.294 e. The Morgan fingerprint density at radius 1 is 0.812 bits per heavy atom. The smallest absolute Gasteiger partial charge is 0.0845 e. The maximum absolute atomic E-state index is 6.14. The maximum Gasteiger partial charge on any atom is 0.0845 e. The molecule has 0 aliphatic rings. The Kier molecular flexibility index (Phi) is 11.9. The molecule has 1 atom stereocenters. The van der Waals surface area contributed by atoms with Gasteiger partial charge in [0, 0.05) is 0 Å². The molecule has 0 spiro atoms. The summed E-state index contributed by atoms with van der Waals surface area (Å²) in [6.45, 7) is 2.27. The third-order valence-electron chi connectivity index (χ3n) is 3.11. The molecule has 0 rings (SSSR count). The van der Waals surface area contributed by atoms with Crippen LogP contribution >= 0.6 is 11.6 Å². The predicted octanol–water partition coefficient (Wildman–Crippen LogP) is 5.03. The van der Waals surface area contributed by atoms with E-state index in [2.05, 4.69) is 11.8 Å². The van der Waals surface area contributed by atoms with Crippen LogP contribution < -0.4 is 0 Å². The molecule has 0 radical (unpaired) electrons. The molecule has 0 bridgehead atoms. The maximum atomic E-state index is 6.14. The molecule has 0 N–H and O–H groups in total. The molecule has 0 aliphatic heterocycles. The standard InChI is InChI=1S/C14H30ClN/c1-4-5-6-7-8-9-10-11-12-13-14(15)16(2)3/h14H,4-13H2,1-3H3. The van der Waals surface area contributed by atoms with Crippen LogP contribution in [0.1, 0.15) is 71.1 Å². The Balaban J connectivity index is 3.04. The van der Waals surface area contributed by atoms with Crippen LogP contribution in [0.25, 0.3) is 0 Å². The Morgan fingerprint density at radius 2 is 1.25 bits per heavy atom. The molecule has 0 aromatic heterocycles. The van der Waals surface area contributed by atoms with Gasteiger partial charge in [0.15, 0.2) is 0 Å². The molecule has 0 amide bonds. The third kappa shape index (κ3) is 10.8. The molecule has 98 valence electrons. The van der Waals surface area contributed by atoms with Crippen molar-refractivity contribution in [2.24, 2.45) is 0 Å². The van der Waals surface area contributed by atoms with Crippen molar-refractivity contribution in [3.63, 3.8) is 0 Å². The predicted molar refractivity (Wildman–Crippen MR) is 75.2 cm³/mol. The zero-order chi connectivity index (χ0) is 12.2. The lowest BCUT2D eigenvalue weighted by atomic mass is 10.1. The summed E-state index contributed by atoms with van der Waals surface area (Å²) in [4.78, 5) is 2.09. The summed E-state index contributed by atoms with van der Waals surface area (Å²) in [6.07, 6.45) is 13.6. The monoisotopic (exact) mass is 247 g/mol. The summed E-state index contributed by atoms with van der Waals surface area (Å²) >= 11 is 6.14. The SMILES string of the molecule is CCCCCCCCCCCC(Cl)N(C)C. The molecule has 16 heavy (non-hydrogen) atoms. The van der Waals surface area contributed by atoms with Gasteiger partial charge >= 0.3 is 0 Å². The molecule has 0 aliphatic carbocycles. The lowest BCUT2D eigenvalue weighted by Gasteiger charge is -2.16. The minimum Gasteiger partial charge on any atom is -0.294 e. The number of rotatable bonds is 11. The van der Waals surface area contributed by atoms with E-state index in [0.29, 0.717) is 0 Å². The average molecular weight is 248 g/mol. The highest BCUT2D eigenvalue weighted by molar-refractivity contribution is 6.20. The van der Waals surface area contributed by atoms with E-state index in [0.717, 1.165) is 6.42 Å². The third-order valence-corrected chi connectivity index (χ3v) is 3.71. The van der Waals surface area contributed by atoms with Crippen LogP contribution in [0.5, 0.6) is 0 Å². The Hall–Kier alpha value is 0.250. The number of halogens is 1. The molecule has 0 fully saturated rings. The normalized spacial score (nSPS) is 13.3. The average Bonchev–Trinajstić information content (AvgIpc) is 2.26. The van der Waals surface area contributed by atoms with Crippen LogP contribution in [0.2, 0.25) is 0 Å². The summed E-state index contributed by atoms with van der Waals surface area (Å²) in [5.74, 6) is 0. The van der Waals surface area contributed by atoms with E-state index in [-0.39, 0.29) is 5.50 Å². The van der Waals surface area contributed by atoms with E-state index in [1.165, 1.54) is 57.8 Å². The lowest BCUT2D eigenvalue weighted by molar-refractivity contribution is 0.351. The lowest BCUT2D eigenvalue weighted by Crippen LogP contribution is -2.21. The number of alkyl halides is 1. The van der Waals surface area contributed by atoms with E-state index in [1.807, 2.05) is 14.1 Å². The van der Waals surface area contributed by atoms with Crippen molar-refractivity contribution < 1.29 is 0 Å². The summed E-state index contributed by atoms with van der Waals surface area (Å²) in [6, 6.07) is 0. The van der Waals surface area contributed by atoms with Crippen LogP contribution in [0.4, 0.5) is 0 Å². The van der Waals surface area contributed by atoms with Crippen molar-refractivity contribution in [3.05, 3.63) is 0 Å². The Labute approximate surface area is 108 Å². The minimum atomic E-state index is 0.226. The van der Waals surface area contributed by atoms with Crippen LogP contribution in [0.3, 0.4) is 0 Å². The molecule has 2 heteroatoms. The molecule has 1 unspecified atom stereocenters. The van der Waals surface area contributed by atoms with Gasteiger partial charge in [-0.15, -0.1) is 11.6 Å². The molecule has 0 heterocycles. The number of unbranched alkanes of at least 4 members (excludes halogenated alkanes) is 8. The van der Waals surface area contributed by atoms with Crippen LogP contribution in [-0.2, 0) is 0 Å². The molecular weight excluding hydrogens is 218 g/mol. The van der Waals surface area contributed by atoms with Crippen molar-refractivity contribution in [2.45, 2.75) is 76.6 Å². The first-order valence-electron chi connectivity index (χ1n) is 6.99. The highest BCUT2D eigenvalue weighted by Gasteiger charge is 2.05. The van der Waals surface area contributed by atoms with Crippen molar-refractivity contribution in [3.8, 4) is 0 Å². The number of hydrogen-bond donors (Lipinski definition) is 0. The van der Waals surface area contributed by atoms with Gasteiger partial charge in [0.05, 0.1) is 5.50 Å². The van der Waals surface area contributed by atoms with Gasteiger partial charge in [0.2, 0.25) is 0 Å². The van der Waals surface area contributed by atoms with Gasteiger partial charge in [-0.1, -0.05) is 64.7 Å². The van der Waals surface area contributed by atoms with Crippen molar-refractivity contribution >= 4 is 11.6 Å². The van der Waals surface area contributed by atoms with Crippen molar-refractivity contribution in [2.75, 3.05) is 14.1 Å². The highest BCUT2D eigenvalue weighted by atomic mass is 35.5. The van der Waals surface area contributed by atoms with Gasteiger partial charge in [-0.3, -0.25) is 4.90 Å². The van der Waals surface area contributed by atoms with Gasteiger partial charge in [0.25, 0.3) is 0 Å². The summed E-state index contributed by atoms with van der Waals surface area (Å²) < 4.78 is 0. The molecule has 0 aromatic rings. The first-order chi connectivity index (χ1) is 7.68. The second-order valence-corrected chi connectivity index (χ2v) is 5.52. The van der Waals surface area contributed by atoms with Gasteiger partial charge in [-0.25, -0.2) is 0 Å². The van der Waals surface area contributed by atoms with Gasteiger partial charge in [-0.05, 0) is 20.5 Å². The zero-order valence-electron chi connectivity index (χ0n) is 11.5. The summed E-state index contributed by atoms with van der Waals surface area (Å²) in [7, 11) is 4.09. The van der Waals surface area contributed by atoms with Gasteiger partial charge in [-0.2, -0.15) is 0 Å². The second kappa shape index (κ2) is 11.7. The Bertz CT molecular complexity index is 137. The van der Waals surface area contributed by atoms with Crippen molar-refractivity contribution in [1.82, 2.24) is 4.90 Å². The van der Waals surface area contributed by atoms with Crippen LogP contribution in [0, 0.1) is 0 Å². The van der Waals surface area contributed by atoms with Gasteiger partial charge in [0.1, 0.15) is 0 Å². The van der Waals surface area contributed by atoms with E-state index >= 15 is 0 Å². The van der Waals surface area contributed by atoms with E-state index in [4.69, 9.17) is 11.6 Å². The van der Waals surface area contributed by atoms with E-state index in [9.17, 15) is 0 Å². The molecular formula is C14H30ClN. The summed E-state index contributed by atoms with van der Waals surface area (Å²) in [5, 5.41) is 0. The molecule has 1 nitrogen and oxygen atoms in total. The first-order valence-corrected chi connectivity index (χ1v) is 7.42. The number of hydrogen-bond acceptors (Lipinski definition) is 1. The van der Waals surface area contributed by atoms with Crippen molar-refractivity contribution in [1.29, 1.82) is 0 Å². The second-order valence-electron chi connectivity index (χ2n) is 5.02.